The van der Waals surface area contributed by atoms with Crippen molar-refractivity contribution in [3.63, 3.8) is 0 Å². The molecule has 0 spiro atoms. The SMILES string of the molecule is CCOC(=O)c1ccc(NC(=O)[C@H]2CCCNC2)c(Br)c1. The van der Waals surface area contributed by atoms with Gasteiger partial charge in [0.15, 0.2) is 0 Å². The molecule has 0 radical (unpaired) electrons. The second-order valence-electron chi connectivity index (χ2n) is 4.95. The fraction of sp³-hybridized carbons (Fsp3) is 0.467. The Kier molecular flexibility index (Phi) is 5.76. The molecule has 0 bridgehead atoms. The summed E-state index contributed by atoms with van der Waals surface area (Å²) in [6.07, 6.45) is 1.92. The highest BCUT2D eigenvalue weighted by Crippen LogP contribution is 2.25. The summed E-state index contributed by atoms with van der Waals surface area (Å²) in [5.74, 6) is -0.366. The molecular formula is C15H19BrN2O3. The molecule has 0 aromatic heterocycles. The molecule has 114 valence electrons. The molecule has 5 nitrogen and oxygen atoms in total. The quantitative estimate of drug-likeness (QED) is 0.815. The minimum absolute atomic E-state index is 0.00427. The molecule has 0 saturated carbocycles. The number of ether oxygens (including phenoxy) is 1. The average molecular weight is 355 g/mol. The predicted molar refractivity (Wildman–Crippen MR) is 84.3 cm³/mol. The van der Waals surface area contributed by atoms with Gasteiger partial charge in [0.1, 0.15) is 0 Å². The topological polar surface area (TPSA) is 67.4 Å². The Bertz CT molecular complexity index is 528. The maximum absolute atomic E-state index is 12.2. The van der Waals surface area contributed by atoms with Crippen molar-refractivity contribution in [2.75, 3.05) is 25.0 Å². The maximum atomic E-state index is 12.2. The number of nitrogens with one attached hydrogen (secondary N) is 2. The third kappa shape index (κ3) is 4.28. The van der Waals surface area contributed by atoms with E-state index in [4.69, 9.17) is 4.74 Å². The van der Waals surface area contributed by atoms with Crippen molar-refractivity contribution < 1.29 is 14.3 Å². The zero-order chi connectivity index (χ0) is 15.2. The number of amides is 1. The molecule has 1 saturated heterocycles. The van der Waals surface area contributed by atoms with E-state index in [1.54, 1.807) is 25.1 Å². The summed E-state index contributed by atoms with van der Waals surface area (Å²) in [4.78, 5) is 23.8. The van der Waals surface area contributed by atoms with E-state index >= 15 is 0 Å². The molecule has 1 aliphatic rings. The Labute approximate surface area is 132 Å². The van der Waals surface area contributed by atoms with Crippen LogP contribution in [0.1, 0.15) is 30.1 Å². The van der Waals surface area contributed by atoms with Crippen LogP contribution in [-0.2, 0) is 9.53 Å². The fourth-order valence-electron chi connectivity index (χ4n) is 2.27. The molecular weight excluding hydrogens is 336 g/mol. The van der Waals surface area contributed by atoms with Crippen molar-refractivity contribution in [2.24, 2.45) is 5.92 Å². The lowest BCUT2D eigenvalue weighted by Gasteiger charge is -2.22. The summed E-state index contributed by atoms with van der Waals surface area (Å²) in [7, 11) is 0. The molecule has 1 aliphatic heterocycles. The number of halogens is 1. The first kappa shape index (κ1) is 16.0. The van der Waals surface area contributed by atoms with Crippen LogP contribution in [0.2, 0.25) is 0 Å². The summed E-state index contributed by atoms with van der Waals surface area (Å²) >= 11 is 3.38. The number of carbonyl (C=O) groups is 2. The molecule has 1 amide bonds. The van der Waals surface area contributed by atoms with Gasteiger partial charge in [0.25, 0.3) is 0 Å². The van der Waals surface area contributed by atoms with E-state index in [1.807, 2.05) is 0 Å². The molecule has 2 rings (SSSR count). The summed E-state index contributed by atoms with van der Waals surface area (Å²) in [6, 6.07) is 5.02. The summed E-state index contributed by atoms with van der Waals surface area (Å²) in [5.41, 5.74) is 1.12. The summed E-state index contributed by atoms with van der Waals surface area (Å²) in [5, 5.41) is 6.12. The lowest BCUT2D eigenvalue weighted by atomic mass is 9.99. The monoisotopic (exact) mass is 354 g/mol. The van der Waals surface area contributed by atoms with Gasteiger partial charge in [-0.15, -0.1) is 0 Å². The van der Waals surface area contributed by atoms with E-state index in [2.05, 4.69) is 26.6 Å². The Morgan fingerprint density at radius 3 is 2.90 bits per heavy atom. The molecule has 6 heteroatoms. The van der Waals surface area contributed by atoms with Crippen molar-refractivity contribution >= 4 is 33.5 Å². The summed E-state index contributed by atoms with van der Waals surface area (Å²) < 4.78 is 5.62. The summed E-state index contributed by atoms with van der Waals surface area (Å²) in [6.45, 7) is 3.79. The van der Waals surface area contributed by atoms with Crippen LogP contribution < -0.4 is 10.6 Å². The highest BCUT2D eigenvalue weighted by atomic mass is 79.9. The number of benzene rings is 1. The largest absolute Gasteiger partial charge is 0.462 e. The van der Waals surface area contributed by atoms with Crippen LogP contribution in [0, 0.1) is 5.92 Å². The number of rotatable bonds is 4. The van der Waals surface area contributed by atoms with E-state index in [-0.39, 0.29) is 17.8 Å². The second kappa shape index (κ2) is 7.56. The van der Waals surface area contributed by atoms with Gasteiger partial charge in [-0.1, -0.05) is 0 Å². The van der Waals surface area contributed by atoms with Gasteiger partial charge in [-0.25, -0.2) is 4.79 Å². The lowest BCUT2D eigenvalue weighted by molar-refractivity contribution is -0.120. The Balaban J connectivity index is 2.03. The fourth-order valence-corrected chi connectivity index (χ4v) is 2.75. The second-order valence-corrected chi connectivity index (χ2v) is 5.80. The van der Waals surface area contributed by atoms with E-state index in [1.165, 1.54) is 0 Å². The van der Waals surface area contributed by atoms with Gasteiger partial charge in [0.05, 0.1) is 23.8 Å². The highest BCUT2D eigenvalue weighted by Gasteiger charge is 2.21. The molecule has 1 aromatic rings. The van der Waals surface area contributed by atoms with Gasteiger partial charge in [-0.2, -0.15) is 0 Å². The number of piperidine rings is 1. The highest BCUT2D eigenvalue weighted by molar-refractivity contribution is 9.10. The van der Waals surface area contributed by atoms with E-state index < -0.39 is 0 Å². The third-order valence-corrected chi connectivity index (χ3v) is 4.06. The number of hydrogen-bond acceptors (Lipinski definition) is 4. The van der Waals surface area contributed by atoms with Crippen molar-refractivity contribution in [1.29, 1.82) is 0 Å². The van der Waals surface area contributed by atoms with Crippen LogP contribution in [0.4, 0.5) is 5.69 Å². The number of esters is 1. The minimum atomic E-state index is -0.368. The first-order valence-electron chi connectivity index (χ1n) is 7.10. The van der Waals surface area contributed by atoms with E-state index in [0.29, 0.717) is 28.9 Å². The lowest BCUT2D eigenvalue weighted by Crippen LogP contribution is -2.37. The number of anilines is 1. The predicted octanol–water partition coefficient (Wildman–Crippen LogP) is 2.56. The van der Waals surface area contributed by atoms with Crippen molar-refractivity contribution in [3.8, 4) is 0 Å². The van der Waals surface area contributed by atoms with Gasteiger partial charge in [0, 0.05) is 11.0 Å². The maximum Gasteiger partial charge on any atom is 0.338 e. The Morgan fingerprint density at radius 1 is 1.48 bits per heavy atom. The number of carbonyl (C=O) groups excluding carboxylic acids is 2. The first-order chi connectivity index (χ1) is 10.1. The molecule has 1 fully saturated rings. The molecule has 0 aliphatic carbocycles. The molecule has 1 atom stereocenters. The Morgan fingerprint density at radius 2 is 2.29 bits per heavy atom. The van der Waals surface area contributed by atoms with Crippen LogP contribution in [0.5, 0.6) is 0 Å². The zero-order valence-electron chi connectivity index (χ0n) is 11.9. The van der Waals surface area contributed by atoms with Gasteiger partial charge < -0.3 is 15.4 Å². The standard InChI is InChI=1S/C15H19BrN2O3/c1-2-21-15(20)10-5-6-13(12(16)8-10)18-14(19)11-4-3-7-17-9-11/h5-6,8,11,17H,2-4,7,9H2,1H3,(H,18,19)/t11-/m0/s1. The molecule has 1 heterocycles. The van der Waals surface area contributed by atoms with Gasteiger partial charge in [-0.05, 0) is 60.4 Å². The minimum Gasteiger partial charge on any atom is -0.462 e. The average Bonchev–Trinajstić information content (AvgIpc) is 2.50. The third-order valence-electron chi connectivity index (χ3n) is 3.41. The van der Waals surface area contributed by atoms with Crippen LogP contribution in [-0.4, -0.2) is 31.6 Å². The normalized spacial score (nSPS) is 18.1. The van der Waals surface area contributed by atoms with Gasteiger partial charge in [0.2, 0.25) is 5.91 Å². The van der Waals surface area contributed by atoms with Crippen molar-refractivity contribution in [3.05, 3.63) is 28.2 Å². The van der Waals surface area contributed by atoms with E-state index in [0.717, 1.165) is 19.4 Å². The van der Waals surface area contributed by atoms with Gasteiger partial charge >= 0.3 is 5.97 Å². The van der Waals surface area contributed by atoms with Crippen LogP contribution in [0.3, 0.4) is 0 Å². The molecule has 21 heavy (non-hydrogen) atoms. The Hall–Kier alpha value is -1.40. The van der Waals surface area contributed by atoms with Crippen LogP contribution in [0.25, 0.3) is 0 Å². The zero-order valence-corrected chi connectivity index (χ0v) is 13.5. The molecule has 0 unspecified atom stereocenters. The number of hydrogen-bond donors (Lipinski definition) is 2. The smallest absolute Gasteiger partial charge is 0.338 e. The van der Waals surface area contributed by atoms with Crippen molar-refractivity contribution in [1.82, 2.24) is 5.32 Å². The van der Waals surface area contributed by atoms with Crippen LogP contribution in [0.15, 0.2) is 22.7 Å². The van der Waals surface area contributed by atoms with Gasteiger partial charge in [-0.3, -0.25) is 4.79 Å². The van der Waals surface area contributed by atoms with Crippen LogP contribution >= 0.6 is 15.9 Å². The van der Waals surface area contributed by atoms with Crippen molar-refractivity contribution in [2.45, 2.75) is 19.8 Å². The molecule has 1 aromatic carbocycles. The molecule has 2 N–H and O–H groups in total. The first-order valence-corrected chi connectivity index (χ1v) is 7.89. The van der Waals surface area contributed by atoms with E-state index in [9.17, 15) is 9.59 Å².